The number of hydrogen-bond acceptors (Lipinski definition) is 5. The highest BCUT2D eigenvalue weighted by Gasteiger charge is 2.22. The van der Waals surface area contributed by atoms with Crippen LogP contribution >= 0.6 is 0 Å². The smallest absolute Gasteiger partial charge is 0.252 e. The maximum absolute atomic E-state index is 13.2. The molecule has 7 nitrogen and oxygen atoms in total. The molecule has 164 valence electrons. The van der Waals surface area contributed by atoms with Crippen molar-refractivity contribution in [2.45, 2.75) is 25.8 Å². The second-order valence-corrected chi connectivity index (χ2v) is 7.15. The van der Waals surface area contributed by atoms with Crippen LogP contribution in [0.15, 0.2) is 54.9 Å². The fraction of sp³-hybridized carbons (Fsp3) is 0.333. The Kier molecular flexibility index (Phi) is 7.54. The predicted octanol–water partition coefficient (Wildman–Crippen LogP) is 4.14. The summed E-state index contributed by atoms with van der Waals surface area (Å²) in [5, 5.41) is 3.09. The molecule has 0 aliphatic heterocycles. The molecule has 3 aromatic rings. The number of aryl methyl sites for hydroxylation is 1. The minimum atomic E-state index is -0.450. The van der Waals surface area contributed by atoms with Crippen molar-refractivity contribution in [2.75, 3.05) is 20.8 Å². The molecule has 0 spiro atoms. The first-order valence-corrected chi connectivity index (χ1v) is 10.3. The number of amides is 1. The summed E-state index contributed by atoms with van der Waals surface area (Å²) in [7, 11) is 5.08. The number of hydrogen-bond donors (Lipinski definition) is 1. The van der Waals surface area contributed by atoms with Crippen LogP contribution in [0.3, 0.4) is 0 Å². The first-order chi connectivity index (χ1) is 15.1. The molecule has 0 radical (unpaired) electrons. The van der Waals surface area contributed by atoms with Crippen molar-refractivity contribution in [2.24, 2.45) is 7.05 Å². The van der Waals surface area contributed by atoms with Crippen LogP contribution < -0.4 is 19.5 Å². The van der Waals surface area contributed by atoms with Gasteiger partial charge in [0.25, 0.3) is 5.91 Å². The largest absolute Gasteiger partial charge is 0.497 e. The van der Waals surface area contributed by atoms with E-state index in [9.17, 15) is 4.79 Å². The second-order valence-electron chi connectivity index (χ2n) is 7.15. The Morgan fingerprint density at radius 1 is 1.13 bits per heavy atom. The van der Waals surface area contributed by atoms with Gasteiger partial charge >= 0.3 is 0 Å². The van der Waals surface area contributed by atoms with E-state index in [4.69, 9.17) is 14.2 Å². The lowest BCUT2D eigenvalue weighted by atomic mass is 10.0. The van der Waals surface area contributed by atoms with E-state index in [0.717, 1.165) is 18.4 Å². The van der Waals surface area contributed by atoms with Gasteiger partial charge in [-0.2, -0.15) is 0 Å². The molecule has 0 aliphatic rings. The summed E-state index contributed by atoms with van der Waals surface area (Å²) in [5.74, 6) is 2.34. The molecule has 1 unspecified atom stereocenters. The number of benzene rings is 2. The van der Waals surface area contributed by atoms with E-state index >= 15 is 0 Å². The minimum Gasteiger partial charge on any atom is -0.497 e. The molecule has 3 rings (SSSR count). The van der Waals surface area contributed by atoms with Gasteiger partial charge in [-0.3, -0.25) is 4.79 Å². The number of aromatic nitrogens is 2. The molecule has 31 heavy (non-hydrogen) atoms. The Labute approximate surface area is 183 Å². The lowest BCUT2D eigenvalue weighted by Gasteiger charge is -2.20. The van der Waals surface area contributed by atoms with Crippen molar-refractivity contribution in [1.82, 2.24) is 14.9 Å². The monoisotopic (exact) mass is 423 g/mol. The van der Waals surface area contributed by atoms with Gasteiger partial charge in [0.05, 0.1) is 20.8 Å². The number of methoxy groups -OCH3 is 2. The third kappa shape index (κ3) is 5.36. The number of ether oxygens (including phenoxy) is 3. The number of nitrogens with one attached hydrogen (secondary N) is 1. The average Bonchev–Trinajstić information content (AvgIpc) is 3.23. The van der Waals surface area contributed by atoms with Crippen molar-refractivity contribution < 1.29 is 19.0 Å². The zero-order chi connectivity index (χ0) is 22.2. The first-order valence-electron chi connectivity index (χ1n) is 10.3. The SMILES string of the molecule is CCCCOc1ccc(C(=O)NC(c2cccc(OC)c2)c2nccn2C)cc1OC. The van der Waals surface area contributed by atoms with Crippen molar-refractivity contribution in [3.63, 3.8) is 0 Å². The number of imidazole rings is 1. The molecule has 0 fully saturated rings. The molecule has 1 aromatic heterocycles. The zero-order valence-electron chi connectivity index (χ0n) is 18.4. The Balaban J connectivity index is 1.87. The van der Waals surface area contributed by atoms with E-state index in [1.165, 1.54) is 0 Å². The molecule has 1 atom stereocenters. The van der Waals surface area contributed by atoms with Crippen LogP contribution in [0.25, 0.3) is 0 Å². The maximum atomic E-state index is 13.2. The highest BCUT2D eigenvalue weighted by molar-refractivity contribution is 5.95. The highest BCUT2D eigenvalue weighted by Crippen LogP contribution is 2.29. The Morgan fingerprint density at radius 2 is 1.97 bits per heavy atom. The topological polar surface area (TPSA) is 74.6 Å². The fourth-order valence-electron chi connectivity index (χ4n) is 3.24. The quantitative estimate of drug-likeness (QED) is 0.496. The molecular weight excluding hydrogens is 394 g/mol. The number of nitrogens with zero attached hydrogens (tertiary/aromatic N) is 2. The van der Waals surface area contributed by atoms with Crippen LogP contribution in [0, 0.1) is 0 Å². The molecule has 2 aromatic carbocycles. The lowest BCUT2D eigenvalue weighted by molar-refractivity contribution is 0.0940. The van der Waals surface area contributed by atoms with E-state index in [-0.39, 0.29) is 5.91 Å². The van der Waals surface area contributed by atoms with Crippen LogP contribution in [0.1, 0.15) is 47.6 Å². The van der Waals surface area contributed by atoms with Gasteiger partial charge in [-0.1, -0.05) is 25.5 Å². The third-order valence-corrected chi connectivity index (χ3v) is 5.00. The molecule has 1 heterocycles. The standard InChI is InChI=1S/C24H29N3O4/c1-5-6-14-31-20-11-10-18(16-21(20)30-4)24(28)26-22(23-25-12-13-27(23)2)17-8-7-9-19(15-17)29-3/h7-13,15-16,22H,5-6,14H2,1-4H3,(H,26,28). The van der Waals surface area contributed by atoms with Crippen LogP contribution in [-0.2, 0) is 7.05 Å². The molecule has 1 N–H and O–H groups in total. The van der Waals surface area contributed by atoms with Crippen molar-refractivity contribution in [1.29, 1.82) is 0 Å². The highest BCUT2D eigenvalue weighted by atomic mass is 16.5. The maximum Gasteiger partial charge on any atom is 0.252 e. The predicted molar refractivity (Wildman–Crippen MR) is 119 cm³/mol. The van der Waals surface area contributed by atoms with E-state index < -0.39 is 6.04 Å². The summed E-state index contributed by atoms with van der Waals surface area (Å²) in [4.78, 5) is 17.6. The van der Waals surface area contributed by atoms with Crippen LogP contribution in [-0.4, -0.2) is 36.3 Å². The summed E-state index contributed by atoms with van der Waals surface area (Å²) < 4.78 is 18.5. The van der Waals surface area contributed by atoms with Gasteiger partial charge < -0.3 is 24.1 Å². The van der Waals surface area contributed by atoms with Crippen LogP contribution in [0.4, 0.5) is 0 Å². The molecule has 0 aliphatic carbocycles. The van der Waals surface area contributed by atoms with E-state index in [0.29, 0.717) is 35.2 Å². The van der Waals surface area contributed by atoms with Gasteiger partial charge in [0.2, 0.25) is 0 Å². The lowest BCUT2D eigenvalue weighted by Crippen LogP contribution is -2.31. The number of rotatable bonds is 10. The second kappa shape index (κ2) is 10.5. The van der Waals surface area contributed by atoms with Crippen molar-refractivity contribution >= 4 is 5.91 Å². The van der Waals surface area contributed by atoms with E-state index in [2.05, 4.69) is 17.2 Å². The summed E-state index contributed by atoms with van der Waals surface area (Å²) in [6.45, 7) is 2.71. The number of unbranched alkanes of at least 4 members (excludes halogenated alkanes) is 1. The number of carbonyl (C=O) groups excluding carboxylic acids is 1. The van der Waals surface area contributed by atoms with E-state index in [1.807, 2.05) is 42.1 Å². The summed E-state index contributed by atoms with van der Waals surface area (Å²) >= 11 is 0. The third-order valence-electron chi connectivity index (χ3n) is 5.00. The molecule has 0 saturated heterocycles. The summed E-state index contributed by atoms with van der Waals surface area (Å²) in [5.41, 5.74) is 1.34. The summed E-state index contributed by atoms with van der Waals surface area (Å²) in [6.07, 6.45) is 5.55. The van der Waals surface area contributed by atoms with Gasteiger partial charge in [-0.25, -0.2) is 4.98 Å². The van der Waals surface area contributed by atoms with Gasteiger partial charge in [0, 0.05) is 25.0 Å². The molecule has 7 heteroatoms. The Bertz CT molecular complexity index is 1020. The normalized spacial score (nSPS) is 11.6. The fourth-order valence-corrected chi connectivity index (χ4v) is 3.24. The van der Waals surface area contributed by atoms with E-state index in [1.54, 1.807) is 38.6 Å². The number of carbonyl (C=O) groups is 1. The van der Waals surface area contributed by atoms with Gasteiger partial charge in [-0.15, -0.1) is 0 Å². The van der Waals surface area contributed by atoms with Crippen molar-refractivity contribution in [3.05, 3.63) is 71.8 Å². The van der Waals surface area contributed by atoms with Crippen LogP contribution in [0.5, 0.6) is 17.2 Å². The van der Waals surface area contributed by atoms with Gasteiger partial charge in [-0.05, 0) is 42.3 Å². The van der Waals surface area contributed by atoms with Gasteiger partial charge in [0.1, 0.15) is 17.6 Å². The van der Waals surface area contributed by atoms with Crippen LogP contribution in [0.2, 0.25) is 0 Å². The van der Waals surface area contributed by atoms with Gasteiger partial charge in [0.15, 0.2) is 11.5 Å². The first kappa shape index (κ1) is 22.2. The zero-order valence-corrected chi connectivity index (χ0v) is 18.4. The summed E-state index contributed by atoms with van der Waals surface area (Å²) in [6, 6.07) is 12.3. The molecular formula is C24H29N3O4. The Hall–Kier alpha value is -3.48. The molecule has 0 saturated carbocycles. The van der Waals surface area contributed by atoms with Crippen molar-refractivity contribution in [3.8, 4) is 17.2 Å². The molecule has 0 bridgehead atoms. The Morgan fingerprint density at radius 3 is 2.65 bits per heavy atom. The molecule has 1 amide bonds. The minimum absolute atomic E-state index is 0.241. The average molecular weight is 424 g/mol.